The molecule has 11 heteroatoms. The molecule has 0 saturated heterocycles. The van der Waals surface area contributed by atoms with E-state index in [1.54, 1.807) is 24.3 Å². The first-order valence-electron chi connectivity index (χ1n) is 14.1. The van der Waals surface area contributed by atoms with Crippen LogP contribution in [0, 0.1) is 11.7 Å². The van der Waals surface area contributed by atoms with E-state index >= 15 is 0 Å². The lowest BCUT2D eigenvalue weighted by molar-refractivity contribution is -0.141. The summed E-state index contributed by atoms with van der Waals surface area (Å²) >= 11 is 6.24. The lowest BCUT2D eigenvalue weighted by Crippen LogP contribution is -2.51. The third kappa shape index (κ3) is 10.2. The third-order valence-electron chi connectivity index (χ3n) is 6.80. The van der Waals surface area contributed by atoms with Gasteiger partial charge in [0.05, 0.1) is 24.1 Å². The molecular weight excluding hydrogens is 593 g/mol. The Bertz CT molecular complexity index is 1470. The van der Waals surface area contributed by atoms with Gasteiger partial charge in [-0.05, 0) is 53.8 Å². The standard InChI is InChI=1S/C32H39ClFN3O5S/c1-23(2)21-35-32(39)29(19-24-9-6-5-7-10-24)36(22-25-12-14-26(34)15-13-25)31(38)11-8-18-37(43(4,40)41)27-16-17-30(42-3)28(33)20-27/h5-7,9-10,12-17,20,23,29H,8,11,18-19,21-22H2,1-4H3,(H,35,39)/t29-/m0/s1. The van der Waals surface area contributed by atoms with Crippen LogP contribution in [0.25, 0.3) is 0 Å². The van der Waals surface area contributed by atoms with E-state index in [0.29, 0.717) is 23.5 Å². The minimum Gasteiger partial charge on any atom is -0.495 e. The number of benzene rings is 3. The maximum Gasteiger partial charge on any atom is 0.243 e. The van der Waals surface area contributed by atoms with Gasteiger partial charge in [-0.3, -0.25) is 13.9 Å². The number of halogens is 2. The maximum absolute atomic E-state index is 13.9. The van der Waals surface area contributed by atoms with Crippen molar-refractivity contribution in [2.45, 2.75) is 45.7 Å². The molecule has 43 heavy (non-hydrogen) atoms. The van der Waals surface area contributed by atoms with Gasteiger partial charge in [0.25, 0.3) is 0 Å². The number of methoxy groups -OCH3 is 1. The molecule has 0 bridgehead atoms. The summed E-state index contributed by atoms with van der Waals surface area (Å²) in [5.74, 6) is -0.414. The summed E-state index contributed by atoms with van der Waals surface area (Å²) in [6.45, 7) is 4.50. The Morgan fingerprint density at radius 1 is 1.00 bits per heavy atom. The van der Waals surface area contributed by atoms with Crippen LogP contribution in [0.15, 0.2) is 72.8 Å². The monoisotopic (exact) mass is 631 g/mol. The zero-order valence-corrected chi connectivity index (χ0v) is 26.5. The zero-order valence-electron chi connectivity index (χ0n) is 24.9. The van der Waals surface area contributed by atoms with Crippen molar-refractivity contribution in [3.05, 3.63) is 94.8 Å². The van der Waals surface area contributed by atoms with Crippen molar-refractivity contribution in [1.29, 1.82) is 0 Å². The number of carbonyl (C=O) groups is 2. The van der Waals surface area contributed by atoms with Crippen LogP contribution in [-0.4, -0.2) is 57.6 Å². The minimum atomic E-state index is -3.70. The molecule has 0 saturated carbocycles. The first kappa shape index (κ1) is 33.9. The molecule has 8 nitrogen and oxygen atoms in total. The molecule has 0 fully saturated rings. The van der Waals surface area contributed by atoms with Gasteiger partial charge in [-0.2, -0.15) is 0 Å². The summed E-state index contributed by atoms with van der Waals surface area (Å²) in [6.07, 6.45) is 1.52. The smallest absolute Gasteiger partial charge is 0.243 e. The Labute approximate surface area is 258 Å². The lowest BCUT2D eigenvalue weighted by Gasteiger charge is -2.32. The van der Waals surface area contributed by atoms with E-state index in [0.717, 1.165) is 11.8 Å². The highest BCUT2D eigenvalue weighted by Gasteiger charge is 2.30. The van der Waals surface area contributed by atoms with Crippen LogP contribution in [0.2, 0.25) is 5.02 Å². The molecular formula is C32H39ClFN3O5S. The summed E-state index contributed by atoms with van der Waals surface area (Å²) in [5, 5.41) is 3.22. The SMILES string of the molecule is COc1ccc(N(CCCC(=O)N(Cc2ccc(F)cc2)[C@@H](Cc2ccccc2)C(=O)NCC(C)C)S(C)(=O)=O)cc1Cl. The number of hydrogen-bond acceptors (Lipinski definition) is 5. The molecule has 0 spiro atoms. The molecule has 1 atom stereocenters. The van der Waals surface area contributed by atoms with Crippen LogP contribution in [0.3, 0.4) is 0 Å². The quantitative estimate of drug-likeness (QED) is 0.241. The average molecular weight is 632 g/mol. The Balaban J connectivity index is 1.88. The van der Waals surface area contributed by atoms with Crippen LogP contribution < -0.4 is 14.4 Å². The predicted molar refractivity (Wildman–Crippen MR) is 168 cm³/mol. The summed E-state index contributed by atoms with van der Waals surface area (Å²) < 4.78 is 45.4. The predicted octanol–water partition coefficient (Wildman–Crippen LogP) is 5.45. The fraction of sp³-hybridized carbons (Fsp3) is 0.375. The molecule has 3 aromatic rings. The first-order chi connectivity index (χ1) is 20.4. The second-order valence-corrected chi connectivity index (χ2v) is 13.1. The van der Waals surface area contributed by atoms with Crippen LogP contribution in [0.4, 0.5) is 10.1 Å². The number of ether oxygens (including phenoxy) is 1. The van der Waals surface area contributed by atoms with E-state index in [1.807, 2.05) is 44.2 Å². The Kier molecular flexibility index (Phi) is 12.4. The van der Waals surface area contributed by atoms with Crippen LogP contribution in [-0.2, 0) is 32.6 Å². The van der Waals surface area contributed by atoms with Gasteiger partial charge in [-0.25, -0.2) is 12.8 Å². The summed E-state index contributed by atoms with van der Waals surface area (Å²) in [5.41, 5.74) is 1.89. The van der Waals surface area contributed by atoms with E-state index in [9.17, 15) is 22.4 Å². The molecule has 0 unspecified atom stereocenters. The molecule has 0 aliphatic carbocycles. The van der Waals surface area contributed by atoms with Crippen molar-refractivity contribution in [2.75, 3.05) is 30.8 Å². The lowest BCUT2D eigenvalue weighted by atomic mass is 10.0. The summed E-state index contributed by atoms with van der Waals surface area (Å²) in [7, 11) is -2.24. The summed E-state index contributed by atoms with van der Waals surface area (Å²) in [6, 6.07) is 19.0. The summed E-state index contributed by atoms with van der Waals surface area (Å²) in [4.78, 5) is 28.9. The number of anilines is 1. The molecule has 3 aromatic carbocycles. The number of sulfonamides is 1. The highest BCUT2D eigenvalue weighted by Crippen LogP contribution is 2.30. The molecule has 2 amide bonds. The molecule has 232 valence electrons. The van der Waals surface area contributed by atoms with E-state index < -0.39 is 21.9 Å². The number of carbonyl (C=O) groups excluding carboxylic acids is 2. The topological polar surface area (TPSA) is 96.0 Å². The van der Waals surface area contributed by atoms with Crippen LogP contribution in [0.5, 0.6) is 5.75 Å². The second-order valence-electron chi connectivity index (χ2n) is 10.8. The molecule has 1 N–H and O–H groups in total. The molecule has 0 aliphatic heterocycles. The average Bonchev–Trinajstić information content (AvgIpc) is 2.96. The van der Waals surface area contributed by atoms with Gasteiger partial charge in [0, 0.05) is 32.5 Å². The fourth-order valence-corrected chi connectivity index (χ4v) is 5.79. The highest BCUT2D eigenvalue weighted by atomic mass is 35.5. The van der Waals surface area contributed by atoms with Gasteiger partial charge in [-0.15, -0.1) is 0 Å². The highest BCUT2D eigenvalue weighted by molar-refractivity contribution is 7.92. The van der Waals surface area contributed by atoms with Crippen molar-refractivity contribution in [1.82, 2.24) is 10.2 Å². The molecule has 0 aromatic heterocycles. The van der Waals surface area contributed by atoms with Gasteiger partial charge in [-0.1, -0.05) is 67.9 Å². The van der Waals surface area contributed by atoms with Crippen molar-refractivity contribution in [3.63, 3.8) is 0 Å². The van der Waals surface area contributed by atoms with Gasteiger partial charge < -0.3 is 15.0 Å². The molecule has 3 rings (SSSR count). The third-order valence-corrected chi connectivity index (χ3v) is 8.29. The van der Waals surface area contributed by atoms with Gasteiger partial charge in [0.2, 0.25) is 21.8 Å². The van der Waals surface area contributed by atoms with Gasteiger partial charge in [0.15, 0.2) is 0 Å². The molecule has 0 heterocycles. The normalized spacial score (nSPS) is 12.1. The zero-order chi connectivity index (χ0) is 31.6. The van der Waals surface area contributed by atoms with Crippen molar-refractivity contribution in [2.24, 2.45) is 5.92 Å². The fourth-order valence-electron chi connectivity index (χ4n) is 4.58. The van der Waals surface area contributed by atoms with E-state index in [4.69, 9.17) is 16.3 Å². The number of nitrogens with one attached hydrogen (secondary N) is 1. The number of rotatable bonds is 15. The minimum absolute atomic E-state index is 0.0144. The van der Waals surface area contributed by atoms with E-state index in [2.05, 4.69) is 5.32 Å². The maximum atomic E-state index is 13.9. The molecule has 0 aliphatic rings. The number of nitrogens with zero attached hydrogens (tertiary/aromatic N) is 2. The van der Waals surface area contributed by atoms with Crippen LogP contribution in [0.1, 0.15) is 37.8 Å². The van der Waals surface area contributed by atoms with Crippen molar-refractivity contribution in [3.8, 4) is 5.75 Å². The second kappa shape index (κ2) is 15.7. The van der Waals surface area contributed by atoms with E-state index in [-0.39, 0.29) is 55.1 Å². The van der Waals surface area contributed by atoms with Gasteiger partial charge in [0.1, 0.15) is 17.6 Å². The van der Waals surface area contributed by atoms with Crippen molar-refractivity contribution < 1.29 is 27.1 Å². The van der Waals surface area contributed by atoms with E-state index in [1.165, 1.54) is 34.5 Å². The number of hydrogen-bond donors (Lipinski definition) is 1. The molecule has 0 radical (unpaired) electrons. The number of amides is 2. The van der Waals surface area contributed by atoms with Crippen LogP contribution >= 0.6 is 11.6 Å². The Morgan fingerprint density at radius 2 is 1.67 bits per heavy atom. The largest absolute Gasteiger partial charge is 0.495 e. The van der Waals surface area contributed by atoms with Gasteiger partial charge >= 0.3 is 0 Å². The Morgan fingerprint density at radius 3 is 2.26 bits per heavy atom. The first-order valence-corrected chi connectivity index (χ1v) is 16.3. The Hall–Kier alpha value is -3.63. The van der Waals surface area contributed by atoms with Crippen molar-refractivity contribution >= 4 is 39.1 Å².